The summed E-state index contributed by atoms with van der Waals surface area (Å²) < 4.78 is 13.6. The summed E-state index contributed by atoms with van der Waals surface area (Å²) in [5.41, 5.74) is 8.46. The molecule has 0 amide bonds. The summed E-state index contributed by atoms with van der Waals surface area (Å²) in [6, 6.07) is 12.6. The Bertz CT molecular complexity index is 523. The lowest BCUT2D eigenvalue weighted by molar-refractivity contribution is 0.632. The van der Waals surface area contributed by atoms with Crippen molar-refractivity contribution >= 4 is 17.1 Å². The van der Waals surface area contributed by atoms with E-state index in [0.717, 1.165) is 12.1 Å². The van der Waals surface area contributed by atoms with Crippen LogP contribution in [0.2, 0.25) is 0 Å². The summed E-state index contributed by atoms with van der Waals surface area (Å²) in [6.07, 6.45) is 0.958. The molecule has 0 atom stereocenters. The molecule has 0 aromatic heterocycles. The van der Waals surface area contributed by atoms with Crippen LogP contribution in [0.5, 0.6) is 0 Å². The van der Waals surface area contributed by atoms with Crippen molar-refractivity contribution in [2.24, 2.45) is 0 Å². The standard InChI is InChI=1S/C14H15FN2/c1-2-10-4-3-5-12(8-10)17-14-7-6-11(16)9-13(14)15/h3-9,17H,2,16H2,1H3. The van der Waals surface area contributed by atoms with Crippen molar-refractivity contribution in [2.75, 3.05) is 11.1 Å². The van der Waals surface area contributed by atoms with Gasteiger partial charge in [0.05, 0.1) is 5.69 Å². The van der Waals surface area contributed by atoms with E-state index in [4.69, 9.17) is 5.73 Å². The Morgan fingerprint density at radius 3 is 2.71 bits per heavy atom. The molecule has 2 rings (SSSR count). The van der Waals surface area contributed by atoms with Crippen LogP contribution in [0.25, 0.3) is 0 Å². The van der Waals surface area contributed by atoms with Crippen molar-refractivity contribution in [3.63, 3.8) is 0 Å². The third kappa shape index (κ3) is 2.75. The average molecular weight is 230 g/mol. The van der Waals surface area contributed by atoms with Crippen molar-refractivity contribution in [2.45, 2.75) is 13.3 Å². The van der Waals surface area contributed by atoms with Gasteiger partial charge in [0, 0.05) is 11.4 Å². The molecule has 0 heterocycles. The van der Waals surface area contributed by atoms with E-state index in [1.165, 1.54) is 11.6 Å². The van der Waals surface area contributed by atoms with Crippen LogP contribution >= 0.6 is 0 Å². The summed E-state index contributed by atoms with van der Waals surface area (Å²) in [6.45, 7) is 2.09. The van der Waals surface area contributed by atoms with E-state index in [-0.39, 0.29) is 5.82 Å². The van der Waals surface area contributed by atoms with E-state index >= 15 is 0 Å². The number of anilines is 3. The molecule has 17 heavy (non-hydrogen) atoms. The Morgan fingerprint density at radius 1 is 1.18 bits per heavy atom. The van der Waals surface area contributed by atoms with Crippen LogP contribution < -0.4 is 11.1 Å². The predicted octanol–water partition coefficient (Wildman–Crippen LogP) is 3.71. The summed E-state index contributed by atoms with van der Waals surface area (Å²) in [5, 5.41) is 3.04. The molecular formula is C14H15FN2. The van der Waals surface area contributed by atoms with E-state index in [0.29, 0.717) is 11.4 Å². The first-order valence-corrected chi connectivity index (χ1v) is 5.60. The van der Waals surface area contributed by atoms with Crippen molar-refractivity contribution in [3.05, 3.63) is 53.8 Å². The molecule has 88 valence electrons. The third-order valence-electron chi connectivity index (χ3n) is 2.61. The van der Waals surface area contributed by atoms with Gasteiger partial charge in [-0.2, -0.15) is 0 Å². The van der Waals surface area contributed by atoms with Gasteiger partial charge in [-0.15, -0.1) is 0 Å². The maximum Gasteiger partial charge on any atom is 0.148 e. The molecule has 0 aliphatic heterocycles. The maximum absolute atomic E-state index is 13.6. The van der Waals surface area contributed by atoms with Crippen LogP contribution in [0.15, 0.2) is 42.5 Å². The topological polar surface area (TPSA) is 38.0 Å². The van der Waals surface area contributed by atoms with E-state index in [1.54, 1.807) is 12.1 Å². The number of nitrogen functional groups attached to an aromatic ring is 1. The van der Waals surface area contributed by atoms with Crippen molar-refractivity contribution in [1.82, 2.24) is 0 Å². The second-order valence-electron chi connectivity index (χ2n) is 3.92. The molecule has 0 radical (unpaired) electrons. The Labute approximate surface area is 100 Å². The van der Waals surface area contributed by atoms with E-state index < -0.39 is 0 Å². The number of aryl methyl sites for hydroxylation is 1. The van der Waals surface area contributed by atoms with Crippen LogP contribution in [0.3, 0.4) is 0 Å². The Hall–Kier alpha value is -2.03. The molecule has 3 heteroatoms. The highest BCUT2D eigenvalue weighted by molar-refractivity contribution is 5.63. The zero-order valence-corrected chi connectivity index (χ0v) is 9.70. The highest BCUT2D eigenvalue weighted by Crippen LogP contribution is 2.22. The SMILES string of the molecule is CCc1cccc(Nc2ccc(N)cc2F)c1. The monoisotopic (exact) mass is 230 g/mol. The van der Waals surface area contributed by atoms with Gasteiger partial charge in [-0.3, -0.25) is 0 Å². The highest BCUT2D eigenvalue weighted by atomic mass is 19.1. The molecule has 3 N–H and O–H groups in total. The number of halogens is 1. The van der Waals surface area contributed by atoms with Gasteiger partial charge < -0.3 is 11.1 Å². The Balaban J connectivity index is 2.25. The minimum absolute atomic E-state index is 0.341. The molecule has 0 unspecified atom stereocenters. The maximum atomic E-state index is 13.6. The number of rotatable bonds is 3. The molecule has 2 aromatic carbocycles. The second kappa shape index (κ2) is 4.87. The van der Waals surface area contributed by atoms with Gasteiger partial charge in [0.25, 0.3) is 0 Å². The number of benzene rings is 2. The van der Waals surface area contributed by atoms with Crippen LogP contribution in [-0.4, -0.2) is 0 Å². The number of hydrogen-bond acceptors (Lipinski definition) is 2. The number of hydrogen-bond donors (Lipinski definition) is 2. The van der Waals surface area contributed by atoms with Crippen LogP contribution in [-0.2, 0) is 6.42 Å². The quantitative estimate of drug-likeness (QED) is 0.789. The molecule has 0 spiro atoms. The van der Waals surface area contributed by atoms with Gasteiger partial charge in [-0.05, 0) is 42.3 Å². The fourth-order valence-electron chi connectivity index (χ4n) is 1.66. The number of nitrogens with two attached hydrogens (primary N) is 1. The first-order valence-electron chi connectivity index (χ1n) is 5.60. The third-order valence-corrected chi connectivity index (χ3v) is 2.61. The minimum Gasteiger partial charge on any atom is -0.399 e. The van der Waals surface area contributed by atoms with Gasteiger partial charge in [0.2, 0.25) is 0 Å². The van der Waals surface area contributed by atoms with Crippen molar-refractivity contribution in [3.8, 4) is 0 Å². The zero-order chi connectivity index (χ0) is 12.3. The van der Waals surface area contributed by atoms with Crippen molar-refractivity contribution < 1.29 is 4.39 Å². The fraction of sp³-hybridized carbons (Fsp3) is 0.143. The van der Waals surface area contributed by atoms with Gasteiger partial charge in [0.1, 0.15) is 5.82 Å². The summed E-state index contributed by atoms with van der Waals surface area (Å²) >= 11 is 0. The molecular weight excluding hydrogens is 215 g/mol. The molecule has 0 saturated heterocycles. The molecule has 0 aliphatic carbocycles. The van der Waals surface area contributed by atoms with Crippen LogP contribution in [0, 0.1) is 5.82 Å². The van der Waals surface area contributed by atoms with Gasteiger partial charge in [-0.25, -0.2) is 4.39 Å². The average Bonchev–Trinajstić information content (AvgIpc) is 2.33. The Kier molecular flexibility index (Phi) is 3.28. The molecule has 2 aromatic rings. The molecule has 0 bridgehead atoms. The smallest absolute Gasteiger partial charge is 0.148 e. The lowest BCUT2D eigenvalue weighted by atomic mass is 10.1. The van der Waals surface area contributed by atoms with E-state index in [9.17, 15) is 4.39 Å². The van der Waals surface area contributed by atoms with Gasteiger partial charge in [0.15, 0.2) is 0 Å². The molecule has 0 aliphatic rings. The largest absolute Gasteiger partial charge is 0.399 e. The van der Waals surface area contributed by atoms with Crippen molar-refractivity contribution in [1.29, 1.82) is 0 Å². The first kappa shape index (κ1) is 11.5. The lowest BCUT2D eigenvalue weighted by Gasteiger charge is -2.09. The molecule has 0 fully saturated rings. The van der Waals surface area contributed by atoms with Crippen LogP contribution in [0.4, 0.5) is 21.5 Å². The second-order valence-corrected chi connectivity index (χ2v) is 3.92. The zero-order valence-electron chi connectivity index (χ0n) is 9.70. The summed E-state index contributed by atoms with van der Waals surface area (Å²) in [7, 11) is 0. The summed E-state index contributed by atoms with van der Waals surface area (Å²) in [5.74, 6) is -0.341. The molecule has 0 saturated carbocycles. The van der Waals surface area contributed by atoms with Crippen LogP contribution in [0.1, 0.15) is 12.5 Å². The number of nitrogens with one attached hydrogen (secondary N) is 1. The van der Waals surface area contributed by atoms with Gasteiger partial charge in [-0.1, -0.05) is 19.1 Å². The minimum atomic E-state index is -0.341. The van der Waals surface area contributed by atoms with E-state index in [2.05, 4.69) is 12.2 Å². The van der Waals surface area contributed by atoms with Gasteiger partial charge >= 0.3 is 0 Å². The van der Waals surface area contributed by atoms with E-state index in [1.807, 2.05) is 24.3 Å². The normalized spacial score (nSPS) is 10.2. The Morgan fingerprint density at radius 2 is 2.00 bits per heavy atom. The predicted molar refractivity (Wildman–Crippen MR) is 69.9 cm³/mol. The summed E-state index contributed by atoms with van der Waals surface area (Å²) in [4.78, 5) is 0. The fourth-order valence-corrected chi connectivity index (χ4v) is 1.66. The lowest BCUT2D eigenvalue weighted by Crippen LogP contribution is -1.96. The molecule has 2 nitrogen and oxygen atoms in total. The first-order chi connectivity index (χ1) is 8.19. The highest BCUT2D eigenvalue weighted by Gasteiger charge is 2.02.